The Bertz CT molecular complexity index is 1150. The molecule has 2 aromatic heterocycles. The second-order valence-corrected chi connectivity index (χ2v) is 6.44. The van der Waals surface area contributed by atoms with Gasteiger partial charge in [-0.15, -0.1) is 0 Å². The number of fused-ring (bicyclic) bond motifs is 2. The minimum atomic E-state index is 0.204. The molecule has 6 nitrogen and oxygen atoms in total. The van der Waals surface area contributed by atoms with Gasteiger partial charge in [-0.3, -0.25) is 5.10 Å². The van der Waals surface area contributed by atoms with Gasteiger partial charge in [0.1, 0.15) is 0 Å². The molecule has 27 heavy (non-hydrogen) atoms. The number of pyridine rings is 1. The Morgan fingerprint density at radius 1 is 1.04 bits per heavy atom. The molecular weight excluding hydrogens is 342 g/mol. The highest BCUT2D eigenvalue weighted by atomic mass is 16.7. The molecule has 0 spiro atoms. The Morgan fingerprint density at radius 3 is 2.78 bits per heavy atom. The number of ether oxygens (including phenoxy) is 3. The van der Waals surface area contributed by atoms with Crippen molar-refractivity contribution in [1.29, 1.82) is 0 Å². The summed E-state index contributed by atoms with van der Waals surface area (Å²) in [4.78, 5) is 4.85. The number of hydrogen-bond acceptors (Lipinski definition) is 5. The Kier molecular flexibility index (Phi) is 3.50. The van der Waals surface area contributed by atoms with E-state index in [9.17, 15) is 0 Å². The molecule has 134 valence electrons. The largest absolute Gasteiger partial charge is 0.493 e. The predicted octanol–water partition coefficient (Wildman–Crippen LogP) is 4.34. The van der Waals surface area contributed by atoms with Gasteiger partial charge in [-0.05, 0) is 48.9 Å². The van der Waals surface area contributed by atoms with Gasteiger partial charge >= 0.3 is 0 Å². The number of nitrogens with zero attached hydrogens (tertiary/aromatic N) is 2. The molecule has 2 aromatic carbocycles. The first kappa shape index (κ1) is 15.7. The maximum Gasteiger partial charge on any atom is 0.231 e. The number of benzene rings is 2. The van der Waals surface area contributed by atoms with Gasteiger partial charge in [0.15, 0.2) is 11.5 Å². The van der Waals surface area contributed by atoms with Crippen LogP contribution in [0.4, 0.5) is 0 Å². The maximum atomic E-state index is 5.54. The van der Waals surface area contributed by atoms with E-state index in [1.165, 1.54) is 0 Å². The maximum absolute atomic E-state index is 5.54. The lowest BCUT2D eigenvalue weighted by atomic mass is 10.0. The summed E-state index contributed by atoms with van der Waals surface area (Å²) in [7, 11) is 1.62. The van der Waals surface area contributed by atoms with Crippen molar-refractivity contribution in [3.8, 4) is 39.8 Å². The van der Waals surface area contributed by atoms with E-state index in [4.69, 9.17) is 19.2 Å². The molecule has 0 radical (unpaired) electrons. The quantitative estimate of drug-likeness (QED) is 0.589. The standard InChI is InChI=1S/C21H17N3O3/c1-12-7-18(14-9-19(25-2)21-20(10-14)26-11-27-21)23-17-4-3-13(8-15(12)17)16-5-6-22-24-16/h3-10H,11H2,1-2H3,(H,22,24). The van der Waals surface area contributed by atoms with E-state index in [0.29, 0.717) is 17.2 Å². The number of H-pyrrole nitrogens is 1. The number of aromatic amines is 1. The number of aryl methyl sites for hydroxylation is 1. The molecule has 0 fully saturated rings. The number of rotatable bonds is 3. The molecule has 3 heterocycles. The Balaban J connectivity index is 1.64. The predicted molar refractivity (Wildman–Crippen MR) is 102 cm³/mol. The normalized spacial score (nSPS) is 12.5. The highest BCUT2D eigenvalue weighted by Crippen LogP contribution is 2.44. The van der Waals surface area contributed by atoms with Gasteiger partial charge in [-0.25, -0.2) is 4.98 Å². The molecule has 5 rings (SSSR count). The summed E-state index contributed by atoms with van der Waals surface area (Å²) in [5.41, 5.74) is 5.95. The Morgan fingerprint density at radius 2 is 1.96 bits per heavy atom. The first-order chi connectivity index (χ1) is 13.2. The molecule has 0 saturated carbocycles. The summed E-state index contributed by atoms with van der Waals surface area (Å²) in [5, 5.41) is 8.14. The molecule has 1 aliphatic heterocycles. The monoisotopic (exact) mass is 359 g/mol. The summed E-state index contributed by atoms with van der Waals surface area (Å²) in [6, 6.07) is 14.1. The van der Waals surface area contributed by atoms with Gasteiger partial charge < -0.3 is 14.2 Å². The molecular formula is C21H17N3O3. The third-order valence-electron chi connectivity index (χ3n) is 4.78. The van der Waals surface area contributed by atoms with Crippen LogP contribution in [0.2, 0.25) is 0 Å². The summed E-state index contributed by atoms with van der Waals surface area (Å²) >= 11 is 0. The van der Waals surface area contributed by atoms with E-state index < -0.39 is 0 Å². The summed E-state index contributed by atoms with van der Waals surface area (Å²) in [6.07, 6.45) is 1.75. The van der Waals surface area contributed by atoms with Crippen LogP contribution in [0.3, 0.4) is 0 Å². The van der Waals surface area contributed by atoms with Crippen LogP contribution in [0.15, 0.2) is 48.7 Å². The van der Waals surface area contributed by atoms with Crippen molar-refractivity contribution >= 4 is 10.9 Å². The van der Waals surface area contributed by atoms with Gasteiger partial charge in [0.05, 0.1) is 24.0 Å². The fourth-order valence-corrected chi connectivity index (χ4v) is 3.40. The van der Waals surface area contributed by atoms with Crippen LogP contribution >= 0.6 is 0 Å². The molecule has 1 aliphatic rings. The molecule has 1 N–H and O–H groups in total. The lowest BCUT2D eigenvalue weighted by molar-refractivity contribution is 0.171. The van der Waals surface area contributed by atoms with E-state index in [-0.39, 0.29) is 6.79 Å². The van der Waals surface area contributed by atoms with Crippen LogP contribution in [-0.2, 0) is 0 Å². The number of nitrogens with one attached hydrogen (secondary N) is 1. The number of methoxy groups -OCH3 is 1. The molecule has 0 unspecified atom stereocenters. The van der Waals surface area contributed by atoms with Crippen molar-refractivity contribution in [2.45, 2.75) is 6.92 Å². The number of aromatic nitrogens is 3. The zero-order chi connectivity index (χ0) is 18.4. The second kappa shape index (κ2) is 6.02. The first-order valence-electron chi connectivity index (χ1n) is 8.62. The number of hydrogen-bond donors (Lipinski definition) is 1. The van der Waals surface area contributed by atoms with Gasteiger partial charge in [-0.1, -0.05) is 6.07 Å². The third kappa shape index (κ3) is 2.57. The molecule has 0 amide bonds. The van der Waals surface area contributed by atoms with Crippen LogP contribution in [0, 0.1) is 6.92 Å². The van der Waals surface area contributed by atoms with Crippen molar-refractivity contribution in [2.75, 3.05) is 13.9 Å². The zero-order valence-corrected chi connectivity index (χ0v) is 14.9. The van der Waals surface area contributed by atoms with Crippen LogP contribution in [0.25, 0.3) is 33.4 Å². The van der Waals surface area contributed by atoms with Crippen LogP contribution < -0.4 is 14.2 Å². The Labute approximate surface area is 155 Å². The van der Waals surface area contributed by atoms with Crippen LogP contribution in [0.1, 0.15) is 5.56 Å². The van der Waals surface area contributed by atoms with E-state index in [2.05, 4.69) is 29.3 Å². The lowest BCUT2D eigenvalue weighted by Crippen LogP contribution is -1.93. The van der Waals surface area contributed by atoms with Crippen molar-refractivity contribution < 1.29 is 14.2 Å². The van der Waals surface area contributed by atoms with Crippen molar-refractivity contribution in [2.24, 2.45) is 0 Å². The van der Waals surface area contributed by atoms with Gasteiger partial charge in [-0.2, -0.15) is 5.10 Å². The molecule has 6 heteroatoms. The fourth-order valence-electron chi connectivity index (χ4n) is 3.40. The molecule has 0 atom stereocenters. The lowest BCUT2D eigenvalue weighted by Gasteiger charge is -2.11. The molecule has 4 aromatic rings. The second-order valence-electron chi connectivity index (χ2n) is 6.44. The molecule has 0 aliphatic carbocycles. The minimum Gasteiger partial charge on any atom is -0.493 e. The highest BCUT2D eigenvalue weighted by Gasteiger charge is 2.21. The van der Waals surface area contributed by atoms with E-state index in [1.54, 1.807) is 13.3 Å². The van der Waals surface area contributed by atoms with E-state index >= 15 is 0 Å². The summed E-state index contributed by atoms with van der Waals surface area (Å²) in [6.45, 7) is 2.30. The van der Waals surface area contributed by atoms with Gasteiger partial charge in [0.25, 0.3) is 0 Å². The van der Waals surface area contributed by atoms with Crippen LogP contribution in [0.5, 0.6) is 17.2 Å². The fraction of sp³-hybridized carbons (Fsp3) is 0.143. The van der Waals surface area contributed by atoms with Crippen LogP contribution in [-0.4, -0.2) is 29.1 Å². The van der Waals surface area contributed by atoms with Crippen molar-refractivity contribution in [3.05, 3.63) is 54.2 Å². The summed E-state index contributed by atoms with van der Waals surface area (Å²) in [5.74, 6) is 1.97. The van der Waals surface area contributed by atoms with Gasteiger partial charge in [0.2, 0.25) is 12.5 Å². The van der Waals surface area contributed by atoms with Crippen molar-refractivity contribution in [3.63, 3.8) is 0 Å². The average molecular weight is 359 g/mol. The first-order valence-corrected chi connectivity index (χ1v) is 8.62. The SMILES string of the molecule is COc1cc(-c2cc(C)c3cc(-c4ccn[nH]4)ccc3n2)cc2c1OCO2. The van der Waals surface area contributed by atoms with Gasteiger partial charge in [0, 0.05) is 22.7 Å². The van der Waals surface area contributed by atoms with Crippen molar-refractivity contribution in [1.82, 2.24) is 15.2 Å². The third-order valence-corrected chi connectivity index (χ3v) is 4.78. The highest BCUT2D eigenvalue weighted by molar-refractivity contribution is 5.89. The van der Waals surface area contributed by atoms with E-state index in [0.717, 1.165) is 39.0 Å². The van der Waals surface area contributed by atoms with E-state index in [1.807, 2.05) is 30.3 Å². The zero-order valence-electron chi connectivity index (χ0n) is 14.9. The Hall–Kier alpha value is -3.54. The minimum absolute atomic E-state index is 0.204. The molecule has 0 saturated heterocycles. The average Bonchev–Trinajstić information content (AvgIpc) is 3.38. The topological polar surface area (TPSA) is 69.3 Å². The smallest absolute Gasteiger partial charge is 0.231 e. The molecule has 0 bridgehead atoms. The summed E-state index contributed by atoms with van der Waals surface area (Å²) < 4.78 is 16.5.